The summed E-state index contributed by atoms with van der Waals surface area (Å²) >= 11 is 0. The van der Waals surface area contributed by atoms with E-state index in [4.69, 9.17) is 5.26 Å². The highest BCUT2D eigenvalue weighted by molar-refractivity contribution is 6.02. The summed E-state index contributed by atoms with van der Waals surface area (Å²) in [6, 6.07) is 13.5. The van der Waals surface area contributed by atoms with Gasteiger partial charge in [0.2, 0.25) is 0 Å². The van der Waals surface area contributed by atoms with Crippen LogP contribution in [0.5, 0.6) is 0 Å². The molecule has 0 saturated heterocycles. The van der Waals surface area contributed by atoms with Gasteiger partial charge in [-0.05, 0) is 6.08 Å². The highest BCUT2D eigenvalue weighted by atomic mass is 16.1. The van der Waals surface area contributed by atoms with Crippen molar-refractivity contribution in [3.63, 3.8) is 0 Å². The van der Waals surface area contributed by atoms with Crippen molar-refractivity contribution >= 4 is 12.0 Å². The number of nitriles is 2. The van der Waals surface area contributed by atoms with Crippen molar-refractivity contribution in [2.45, 2.75) is 13.0 Å². The minimum absolute atomic E-state index is 0.0149. The summed E-state index contributed by atoms with van der Waals surface area (Å²) < 4.78 is 1.65. The number of rotatable bonds is 7. The van der Waals surface area contributed by atoms with Crippen LogP contribution < -0.4 is 5.32 Å². The number of benzene rings is 1. The van der Waals surface area contributed by atoms with Gasteiger partial charge in [-0.1, -0.05) is 36.4 Å². The Bertz CT molecular complexity index is 865. The molecule has 0 radical (unpaired) electrons. The zero-order valence-corrected chi connectivity index (χ0v) is 13.6. The first kappa shape index (κ1) is 17.7. The average Bonchev–Trinajstić information content (AvgIpc) is 3.05. The van der Waals surface area contributed by atoms with E-state index in [1.54, 1.807) is 17.0 Å². The Hall–Kier alpha value is -3.64. The second kappa shape index (κ2) is 8.85. The molecule has 0 aliphatic carbocycles. The van der Waals surface area contributed by atoms with Gasteiger partial charge in [0.25, 0.3) is 5.91 Å². The van der Waals surface area contributed by atoms with Gasteiger partial charge in [0.1, 0.15) is 11.6 Å². The first-order chi connectivity index (χ1) is 12.2. The lowest BCUT2D eigenvalue weighted by Crippen LogP contribution is -2.24. The maximum atomic E-state index is 12.0. The molecule has 1 heterocycles. The second-order valence-corrected chi connectivity index (χ2v) is 5.14. The zero-order chi connectivity index (χ0) is 18.1. The van der Waals surface area contributed by atoms with E-state index in [9.17, 15) is 10.1 Å². The monoisotopic (exact) mass is 331 g/mol. The van der Waals surface area contributed by atoms with Gasteiger partial charge in [-0.3, -0.25) is 9.48 Å². The number of nitrogens with zero attached hydrogens (tertiary/aromatic N) is 4. The molecule has 124 valence electrons. The molecule has 1 aromatic heterocycles. The molecule has 2 rings (SSSR count). The highest BCUT2D eigenvalue weighted by Crippen LogP contribution is 2.24. The molecule has 0 saturated carbocycles. The summed E-state index contributed by atoms with van der Waals surface area (Å²) in [6.45, 7) is 4.25. The Balaban J connectivity index is 2.44. The van der Waals surface area contributed by atoms with Crippen molar-refractivity contribution < 1.29 is 4.79 Å². The fourth-order valence-corrected chi connectivity index (χ4v) is 2.21. The first-order valence-corrected chi connectivity index (χ1v) is 7.70. The molecule has 6 heteroatoms. The maximum absolute atomic E-state index is 12.0. The number of hydrogen-bond acceptors (Lipinski definition) is 4. The van der Waals surface area contributed by atoms with E-state index < -0.39 is 5.91 Å². The van der Waals surface area contributed by atoms with Gasteiger partial charge in [0.15, 0.2) is 0 Å². The van der Waals surface area contributed by atoms with Crippen LogP contribution in [0.15, 0.2) is 54.8 Å². The van der Waals surface area contributed by atoms with Crippen molar-refractivity contribution in [2.75, 3.05) is 6.54 Å². The van der Waals surface area contributed by atoms with Crippen molar-refractivity contribution in [2.24, 2.45) is 0 Å². The van der Waals surface area contributed by atoms with Crippen LogP contribution in [0.1, 0.15) is 12.0 Å². The summed E-state index contributed by atoms with van der Waals surface area (Å²) in [6.07, 6.45) is 5.11. The average molecular weight is 331 g/mol. The van der Waals surface area contributed by atoms with E-state index >= 15 is 0 Å². The van der Waals surface area contributed by atoms with E-state index in [0.717, 1.165) is 5.56 Å². The Morgan fingerprint density at radius 3 is 2.72 bits per heavy atom. The molecule has 1 aromatic carbocycles. The van der Waals surface area contributed by atoms with Crippen LogP contribution in [-0.2, 0) is 11.3 Å². The summed E-state index contributed by atoms with van der Waals surface area (Å²) in [5.41, 5.74) is 2.16. The third kappa shape index (κ3) is 4.66. The fraction of sp³-hybridized carbons (Fsp3) is 0.158. The number of hydrogen-bond donors (Lipinski definition) is 1. The normalized spacial score (nSPS) is 10.6. The molecule has 0 fully saturated rings. The number of nitrogens with one attached hydrogen (secondary N) is 1. The predicted molar refractivity (Wildman–Crippen MR) is 94.7 cm³/mol. The van der Waals surface area contributed by atoms with Gasteiger partial charge in [-0.2, -0.15) is 15.6 Å². The van der Waals surface area contributed by atoms with Crippen LogP contribution >= 0.6 is 0 Å². The number of aryl methyl sites for hydroxylation is 1. The molecule has 0 spiro atoms. The smallest absolute Gasteiger partial charge is 0.262 e. The van der Waals surface area contributed by atoms with Crippen LogP contribution in [0.4, 0.5) is 0 Å². The van der Waals surface area contributed by atoms with Gasteiger partial charge >= 0.3 is 0 Å². The lowest BCUT2D eigenvalue weighted by atomic mass is 10.1. The molecule has 0 aliphatic heterocycles. The molecule has 2 aromatic rings. The van der Waals surface area contributed by atoms with E-state index in [1.807, 2.05) is 36.4 Å². The summed E-state index contributed by atoms with van der Waals surface area (Å²) in [4.78, 5) is 12.0. The van der Waals surface area contributed by atoms with Gasteiger partial charge in [-0.25, -0.2) is 0 Å². The fourth-order valence-electron chi connectivity index (χ4n) is 2.21. The molecule has 1 amide bonds. The van der Waals surface area contributed by atoms with Gasteiger partial charge < -0.3 is 5.32 Å². The molecule has 0 atom stereocenters. The lowest BCUT2D eigenvalue weighted by Gasteiger charge is -2.01. The minimum atomic E-state index is -0.466. The quantitative estimate of drug-likeness (QED) is 0.479. The molecular formula is C19H17N5O. The second-order valence-electron chi connectivity index (χ2n) is 5.14. The number of carbonyl (C=O) groups is 1. The predicted octanol–water partition coefficient (Wildman–Crippen LogP) is 2.67. The van der Waals surface area contributed by atoms with Gasteiger partial charge in [0.05, 0.1) is 24.7 Å². The first-order valence-electron chi connectivity index (χ1n) is 7.70. The molecule has 25 heavy (non-hydrogen) atoms. The summed E-state index contributed by atoms with van der Waals surface area (Å²) in [5, 5.41) is 25.1. The molecule has 0 unspecified atom stereocenters. The Labute approximate surface area is 146 Å². The van der Waals surface area contributed by atoms with Crippen LogP contribution in [0, 0.1) is 22.7 Å². The molecule has 0 bridgehead atoms. The van der Waals surface area contributed by atoms with Crippen LogP contribution in [-0.4, -0.2) is 22.2 Å². The van der Waals surface area contributed by atoms with Crippen molar-refractivity contribution in [1.29, 1.82) is 10.5 Å². The number of carbonyl (C=O) groups excluding carboxylic acids is 1. The van der Waals surface area contributed by atoms with Crippen molar-refractivity contribution in [3.05, 3.63) is 60.3 Å². The van der Waals surface area contributed by atoms with Crippen molar-refractivity contribution in [1.82, 2.24) is 15.1 Å². The molecule has 0 aliphatic rings. The number of amides is 1. The largest absolute Gasteiger partial charge is 0.348 e. The summed E-state index contributed by atoms with van der Waals surface area (Å²) in [5.74, 6) is -0.466. The van der Waals surface area contributed by atoms with Gasteiger partial charge in [-0.15, -0.1) is 6.58 Å². The maximum Gasteiger partial charge on any atom is 0.262 e. The molecular weight excluding hydrogens is 314 g/mol. The molecule has 6 nitrogen and oxygen atoms in total. The van der Waals surface area contributed by atoms with Crippen molar-refractivity contribution in [3.8, 4) is 23.4 Å². The Kier molecular flexibility index (Phi) is 6.27. The van der Waals surface area contributed by atoms with E-state index in [2.05, 4.69) is 23.1 Å². The lowest BCUT2D eigenvalue weighted by molar-refractivity contribution is -0.116. The topological polar surface area (TPSA) is 94.5 Å². The van der Waals surface area contributed by atoms with E-state index in [0.29, 0.717) is 24.2 Å². The standard InChI is InChI=1S/C19H17N5O/c1-2-10-22-19(25)16(13-21)12-17-14-24(11-6-9-20)23-18(17)15-7-4-3-5-8-15/h2-5,7-8,12,14H,1,6,10-11H2,(H,22,25)/b16-12+. The van der Waals surface area contributed by atoms with E-state index in [1.165, 1.54) is 6.08 Å². The minimum Gasteiger partial charge on any atom is -0.348 e. The zero-order valence-electron chi connectivity index (χ0n) is 13.6. The number of aromatic nitrogens is 2. The Morgan fingerprint density at radius 2 is 2.08 bits per heavy atom. The third-order valence-electron chi connectivity index (χ3n) is 3.36. The summed E-state index contributed by atoms with van der Waals surface area (Å²) in [7, 11) is 0. The highest BCUT2D eigenvalue weighted by Gasteiger charge is 2.13. The van der Waals surface area contributed by atoms with Crippen LogP contribution in [0.25, 0.3) is 17.3 Å². The van der Waals surface area contributed by atoms with Crippen LogP contribution in [0.3, 0.4) is 0 Å². The van der Waals surface area contributed by atoms with Crippen LogP contribution in [0.2, 0.25) is 0 Å². The van der Waals surface area contributed by atoms with Gasteiger partial charge in [0, 0.05) is 23.9 Å². The third-order valence-corrected chi connectivity index (χ3v) is 3.36. The Morgan fingerprint density at radius 1 is 1.32 bits per heavy atom. The molecule has 1 N–H and O–H groups in total. The SMILES string of the molecule is C=CCNC(=O)/C(C#N)=C/c1cn(CCC#N)nc1-c1ccccc1. The van der Waals surface area contributed by atoms with E-state index in [-0.39, 0.29) is 12.1 Å².